The minimum Gasteiger partial charge on any atom is -0.353 e. The minimum absolute atomic E-state index is 0.0923. The fourth-order valence-corrected chi connectivity index (χ4v) is 3.62. The number of nitrogens with zero attached hydrogens (tertiary/aromatic N) is 8. The number of aryl methyl sites for hydroxylation is 1. The molecule has 0 spiro atoms. The van der Waals surface area contributed by atoms with E-state index in [0.29, 0.717) is 31.9 Å². The van der Waals surface area contributed by atoms with Crippen molar-refractivity contribution >= 4 is 22.8 Å². The molecule has 1 aliphatic heterocycles. The fourth-order valence-electron chi connectivity index (χ4n) is 3.62. The van der Waals surface area contributed by atoms with Crippen LogP contribution in [0.3, 0.4) is 0 Å². The number of piperazine rings is 1. The van der Waals surface area contributed by atoms with Gasteiger partial charge in [0.15, 0.2) is 0 Å². The lowest BCUT2D eigenvalue weighted by atomic mass is 10.2. The Morgan fingerprint density at radius 3 is 2.47 bits per heavy atom. The zero-order valence-electron chi connectivity index (χ0n) is 16.5. The first kappa shape index (κ1) is 18.2. The van der Waals surface area contributed by atoms with E-state index in [9.17, 15) is 4.79 Å². The number of carbonyl (C=O) groups is 1. The molecule has 0 radical (unpaired) electrons. The van der Waals surface area contributed by atoms with Gasteiger partial charge in [-0.1, -0.05) is 12.1 Å². The van der Waals surface area contributed by atoms with Gasteiger partial charge in [-0.25, -0.2) is 19.9 Å². The third-order valence-corrected chi connectivity index (χ3v) is 5.27. The molecule has 150 valence electrons. The maximum atomic E-state index is 12.9. The standard InChI is InChI=1S/C21H20N8O/c1-15-22-6-7-29(15)20-12-19(24-14-25-20)27-8-10-28(11-9-27)21(30)18-13-23-16-4-2-3-5-17(16)26-18/h2-7,12-14H,8-11H2,1H3. The van der Waals surface area contributed by atoms with E-state index in [1.165, 1.54) is 0 Å². The Bertz CT molecular complexity index is 1210. The van der Waals surface area contributed by atoms with E-state index in [-0.39, 0.29) is 5.91 Å². The lowest BCUT2D eigenvalue weighted by Crippen LogP contribution is -2.49. The summed E-state index contributed by atoms with van der Waals surface area (Å²) in [5.41, 5.74) is 1.89. The highest BCUT2D eigenvalue weighted by Crippen LogP contribution is 2.18. The van der Waals surface area contributed by atoms with Gasteiger partial charge in [0.05, 0.1) is 17.2 Å². The number of anilines is 1. The number of benzene rings is 1. The van der Waals surface area contributed by atoms with E-state index in [1.54, 1.807) is 18.7 Å². The second-order valence-corrected chi connectivity index (χ2v) is 7.10. The molecule has 30 heavy (non-hydrogen) atoms. The van der Waals surface area contributed by atoms with Crippen LogP contribution in [0.2, 0.25) is 0 Å². The third-order valence-electron chi connectivity index (χ3n) is 5.27. The summed E-state index contributed by atoms with van der Waals surface area (Å²) in [6.07, 6.45) is 6.74. The molecule has 1 aromatic carbocycles. The monoisotopic (exact) mass is 400 g/mol. The molecule has 1 fully saturated rings. The molecule has 1 saturated heterocycles. The Kier molecular flexibility index (Phi) is 4.55. The first-order valence-electron chi connectivity index (χ1n) is 9.77. The van der Waals surface area contributed by atoms with Crippen LogP contribution in [-0.2, 0) is 0 Å². The van der Waals surface area contributed by atoms with Crippen LogP contribution >= 0.6 is 0 Å². The number of hydrogen-bond acceptors (Lipinski definition) is 7. The number of hydrogen-bond donors (Lipinski definition) is 0. The van der Waals surface area contributed by atoms with Gasteiger partial charge in [-0.3, -0.25) is 14.3 Å². The van der Waals surface area contributed by atoms with Crippen LogP contribution in [0, 0.1) is 6.92 Å². The van der Waals surface area contributed by atoms with Crippen LogP contribution in [-0.4, -0.2) is 66.5 Å². The maximum absolute atomic E-state index is 12.9. The Morgan fingerprint density at radius 1 is 0.933 bits per heavy atom. The number of carbonyl (C=O) groups excluding carboxylic acids is 1. The van der Waals surface area contributed by atoms with E-state index >= 15 is 0 Å². The van der Waals surface area contributed by atoms with Crippen LogP contribution in [0.4, 0.5) is 5.82 Å². The topological polar surface area (TPSA) is 92.9 Å². The molecule has 9 nitrogen and oxygen atoms in total. The third kappa shape index (κ3) is 3.34. The van der Waals surface area contributed by atoms with Crippen LogP contribution in [0.1, 0.15) is 16.3 Å². The molecule has 0 saturated carbocycles. The molecule has 1 amide bonds. The molecule has 0 N–H and O–H groups in total. The average Bonchev–Trinajstić information content (AvgIpc) is 3.24. The van der Waals surface area contributed by atoms with Crippen molar-refractivity contribution in [3.05, 3.63) is 66.8 Å². The summed E-state index contributed by atoms with van der Waals surface area (Å²) in [6, 6.07) is 9.50. The zero-order valence-corrected chi connectivity index (χ0v) is 16.5. The highest BCUT2D eigenvalue weighted by molar-refractivity contribution is 5.94. The van der Waals surface area contributed by atoms with Crippen molar-refractivity contribution in [3.8, 4) is 5.82 Å². The van der Waals surface area contributed by atoms with Gasteiger partial charge in [0.25, 0.3) is 5.91 Å². The van der Waals surface area contributed by atoms with Crippen LogP contribution < -0.4 is 4.90 Å². The molecule has 3 aromatic heterocycles. The van der Waals surface area contributed by atoms with Gasteiger partial charge in [-0.2, -0.15) is 0 Å². The molecule has 4 aromatic rings. The predicted molar refractivity (Wildman–Crippen MR) is 112 cm³/mol. The van der Waals surface area contributed by atoms with E-state index in [2.05, 4.69) is 29.8 Å². The summed E-state index contributed by atoms with van der Waals surface area (Å²) in [5.74, 6) is 2.39. The van der Waals surface area contributed by atoms with Crippen molar-refractivity contribution in [1.29, 1.82) is 0 Å². The van der Waals surface area contributed by atoms with Gasteiger partial charge in [0.2, 0.25) is 0 Å². The summed E-state index contributed by atoms with van der Waals surface area (Å²) in [6.45, 7) is 4.49. The largest absolute Gasteiger partial charge is 0.353 e. The molecular formula is C21H20N8O. The molecule has 0 unspecified atom stereocenters. The van der Waals surface area contributed by atoms with Gasteiger partial charge >= 0.3 is 0 Å². The molecule has 0 atom stereocenters. The van der Waals surface area contributed by atoms with E-state index < -0.39 is 0 Å². The number of aromatic nitrogens is 6. The van der Waals surface area contributed by atoms with Crippen molar-refractivity contribution < 1.29 is 4.79 Å². The lowest BCUT2D eigenvalue weighted by molar-refractivity contribution is 0.0740. The van der Waals surface area contributed by atoms with E-state index in [4.69, 9.17) is 0 Å². The Hall–Kier alpha value is -3.88. The normalized spacial score (nSPS) is 14.3. The van der Waals surface area contributed by atoms with Gasteiger partial charge in [0, 0.05) is 44.6 Å². The van der Waals surface area contributed by atoms with E-state index in [1.807, 2.05) is 52.9 Å². The zero-order chi connectivity index (χ0) is 20.5. The van der Waals surface area contributed by atoms with Crippen LogP contribution in [0.5, 0.6) is 0 Å². The smallest absolute Gasteiger partial charge is 0.274 e. The molecule has 0 aliphatic carbocycles. The van der Waals surface area contributed by atoms with Gasteiger partial charge in [0.1, 0.15) is 29.5 Å². The molecule has 1 aliphatic rings. The molecule has 5 rings (SSSR count). The summed E-state index contributed by atoms with van der Waals surface area (Å²) in [5, 5.41) is 0. The minimum atomic E-state index is -0.0923. The predicted octanol–water partition coefficient (Wildman–Crippen LogP) is 1.88. The van der Waals surface area contributed by atoms with Crippen molar-refractivity contribution in [3.63, 3.8) is 0 Å². The van der Waals surface area contributed by atoms with Gasteiger partial charge < -0.3 is 9.80 Å². The highest BCUT2D eigenvalue weighted by atomic mass is 16.2. The first-order valence-corrected chi connectivity index (χ1v) is 9.77. The summed E-state index contributed by atoms with van der Waals surface area (Å²) < 4.78 is 1.92. The Morgan fingerprint density at radius 2 is 1.70 bits per heavy atom. The Labute approximate surface area is 173 Å². The summed E-state index contributed by atoms with van der Waals surface area (Å²) >= 11 is 0. The van der Waals surface area contributed by atoms with Crippen molar-refractivity contribution in [2.75, 3.05) is 31.1 Å². The lowest BCUT2D eigenvalue weighted by Gasteiger charge is -2.35. The second-order valence-electron chi connectivity index (χ2n) is 7.10. The van der Waals surface area contributed by atoms with Crippen LogP contribution in [0.25, 0.3) is 16.9 Å². The molecule has 4 heterocycles. The van der Waals surface area contributed by atoms with Gasteiger partial charge in [-0.05, 0) is 19.1 Å². The number of rotatable bonds is 3. The molecule has 0 bridgehead atoms. The van der Waals surface area contributed by atoms with E-state index in [0.717, 1.165) is 28.5 Å². The quantitative estimate of drug-likeness (QED) is 0.518. The van der Waals surface area contributed by atoms with Crippen molar-refractivity contribution in [2.24, 2.45) is 0 Å². The number of fused-ring (bicyclic) bond motifs is 1. The fraction of sp³-hybridized carbons (Fsp3) is 0.238. The number of para-hydroxylation sites is 2. The number of amides is 1. The van der Waals surface area contributed by atoms with Gasteiger partial charge in [-0.15, -0.1) is 0 Å². The second kappa shape index (κ2) is 7.51. The SMILES string of the molecule is Cc1nccn1-c1cc(N2CCN(C(=O)c3cnc4ccccc4n3)CC2)ncn1. The summed E-state index contributed by atoms with van der Waals surface area (Å²) in [4.78, 5) is 38.7. The summed E-state index contributed by atoms with van der Waals surface area (Å²) in [7, 11) is 0. The maximum Gasteiger partial charge on any atom is 0.274 e. The number of imidazole rings is 1. The average molecular weight is 400 g/mol. The Balaban J connectivity index is 1.29. The molecule has 9 heteroatoms. The molecular weight excluding hydrogens is 380 g/mol. The van der Waals surface area contributed by atoms with Crippen LogP contribution in [0.15, 0.2) is 55.2 Å². The highest BCUT2D eigenvalue weighted by Gasteiger charge is 2.24. The van der Waals surface area contributed by atoms with Crippen molar-refractivity contribution in [2.45, 2.75) is 6.92 Å². The first-order chi connectivity index (χ1) is 14.7. The van der Waals surface area contributed by atoms with Crippen molar-refractivity contribution in [1.82, 2.24) is 34.4 Å².